The van der Waals surface area contributed by atoms with Gasteiger partial charge in [-0.2, -0.15) is 0 Å². The van der Waals surface area contributed by atoms with Crippen LogP contribution in [0.3, 0.4) is 0 Å². The second-order valence-electron chi connectivity index (χ2n) is 6.14. The molecule has 0 bridgehead atoms. The van der Waals surface area contributed by atoms with Gasteiger partial charge in [-0.05, 0) is 37.5 Å². The second-order valence-corrected chi connectivity index (χ2v) is 6.14. The molecule has 1 heterocycles. The maximum Gasteiger partial charge on any atom is 0.148 e. The number of rotatable bonds is 5. The number of anilines is 1. The van der Waals surface area contributed by atoms with E-state index in [0.717, 1.165) is 24.0 Å². The molecule has 0 spiro atoms. The summed E-state index contributed by atoms with van der Waals surface area (Å²) in [6, 6.07) is 0. The third kappa shape index (κ3) is 2.50. The smallest absolute Gasteiger partial charge is 0.148 e. The van der Waals surface area contributed by atoms with Gasteiger partial charge in [-0.15, -0.1) is 0 Å². The van der Waals surface area contributed by atoms with E-state index in [1.807, 2.05) is 6.20 Å². The van der Waals surface area contributed by atoms with Gasteiger partial charge in [0, 0.05) is 18.7 Å². The Labute approximate surface area is 109 Å². The summed E-state index contributed by atoms with van der Waals surface area (Å²) in [5.41, 5.74) is 2.31. The minimum absolute atomic E-state index is 0.439. The van der Waals surface area contributed by atoms with E-state index in [-0.39, 0.29) is 0 Å². The molecule has 3 nitrogen and oxygen atoms in total. The van der Waals surface area contributed by atoms with Crippen molar-refractivity contribution in [2.45, 2.75) is 57.8 Å². The number of nitrogens with zero attached hydrogens (tertiary/aromatic N) is 2. The van der Waals surface area contributed by atoms with Crippen LogP contribution >= 0.6 is 0 Å². The Kier molecular flexibility index (Phi) is 3.23. The molecule has 2 aliphatic rings. The van der Waals surface area contributed by atoms with Crippen molar-refractivity contribution in [1.82, 2.24) is 9.97 Å². The van der Waals surface area contributed by atoms with Crippen LogP contribution in [0, 0.1) is 5.92 Å². The third-order valence-corrected chi connectivity index (χ3v) is 4.14. The summed E-state index contributed by atoms with van der Waals surface area (Å²) < 4.78 is 0. The summed E-state index contributed by atoms with van der Waals surface area (Å²) in [6.45, 7) is 5.45. The molecule has 98 valence electrons. The van der Waals surface area contributed by atoms with Gasteiger partial charge in [-0.1, -0.05) is 20.3 Å². The molecular formula is C15H23N3. The molecule has 0 aliphatic heterocycles. The molecule has 2 aliphatic carbocycles. The molecule has 1 aromatic rings. The second kappa shape index (κ2) is 4.87. The van der Waals surface area contributed by atoms with Crippen LogP contribution in [0.4, 0.5) is 5.82 Å². The lowest BCUT2D eigenvalue weighted by molar-refractivity contribution is 0.333. The number of nitrogens with one attached hydrogen (secondary N) is 1. The Bertz CT molecular complexity index is 420. The van der Waals surface area contributed by atoms with Gasteiger partial charge in [0.25, 0.3) is 0 Å². The summed E-state index contributed by atoms with van der Waals surface area (Å²) in [6.07, 6.45) is 8.72. The zero-order valence-corrected chi connectivity index (χ0v) is 11.4. The Balaban J connectivity index is 1.75. The molecule has 0 unspecified atom stereocenters. The molecule has 3 heteroatoms. The predicted molar refractivity (Wildman–Crippen MR) is 73.9 cm³/mol. The predicted octanol–water partition coefficient (Wildman–Crippen LogP) is 3.69. The number of hydrogen-bond acceptors (Lipinski definition) is 3. The van der Waals surface area contributed by atoms with Gasteiger partial charge in [-0.3, -0.25) is 4.98 Å². The quantitative estimate of drug-likeness (QED) is 0.859. The molecule has 0 amide bonds. The minimum atomic E-state index is 0.439. The largest absolute Gasteiger partial charge is 0.368 e. The van der Waals surface area contributed by atoms with Crippen molar-refractivity contribution in [1.29, 1.82) is 0 Å². The first-order valence-electron chi connectivity index (χ1n) is 7.34. The first kappa shape index (κ1) is 11.9. The topological polar surface area (TPSA) is 37.8 Å². The van der Waals surface area contributed by atoms with Crippen LogP contribution in [-0.4, -0.2) is 16.5 Å². The Morgan fingerprint density at radius 1 is 1.28 bits per heavy atom. The van der Waals surface area contributed by atoms with Crippen LogP contribution in [0.15, 0.2) is 6.20 Å². The lowest BCUT2D eigenvalue weighted by Gasteiger charge is -2.26. The van der Waals surface area contributed by atoms with Crippen molar-refractivity contribution in [2.24, 2.45) is 5.92 Å². The summed E-state index contributed by atoms with van der Waals surface area (Å²) in [7, 11) is 0. The van der Waals surface area contributed by atoms with E-state index in [0.29, 0.717) is 11.8 Å². The maximum absolute atomic E-state index is 4.81. The van der Waals surface area contributed by atoms with Crippen LogP contribution in [0.25, 0.3) is 0 Å². The Morgan fingerprint density at radius 2 is 2.06 bits per heavy atom. The highest BCUT2D eigenvalue weighted by atomic mass is 15.0. The van der Waals surface area contributed by atoms with E-state index in [4.69, 9.17) is 4.98 Å². The molecule has 0 aromatic carbocycles. The van der Waals surface area contributed by atoms with Gasteiger partial charge in [0.1, 0.15) is 5.82 Å². The van der Waals surface area contributed by atoms with Gasteiger partial charge in [0.2, 0.25) is 0 Å². The zero-order valence-electron chi connectivity index (χ0n) is 11.4. The minimum Gasteiger partial charge on any atom is -0.368 e. The van der Waals surface area contributed by atoms with Crippen LogP contribution in [0.1, 0.15) is 69.2 Å². The number of hydrogen-bond donors (Lipinski definition) is 1. The summed E-state index contributed by atoms with van der Waals surface area (Å²) in [5, 5.41) is 3.55. The molecular weight excluding hydrogens is 222 g/mol. The first-order chi connectivity index (χ1) is 8.74. The van der Waals surface area contributed by atoms with Crippen molar-refractivity contribution in [3.8, 4) is 0 Å². The third-order valence-electron chi connectivity index (χ3n) is 4.14. The molecule has 0 saturated heterocycles. The zero-order chi connectivity index (χ0) is 12.5. The number of aromatic nitrogens is 2. The maximum atomic E-state index is 4.81. The average molecular weight is 245 g/mol. The van der Waals surface area contributed by atoms with Crippen molar-refractivity contribution in [3.63, 3.8) is 0 Å². The standard InChI is InChI=1S/C15H23N3/c1-10(2)14-15(17-8-11-4-3-5-11)18-13(9-16-14)12-6-7-12/h9-12H,3-8H2,1-2H3,(H,17,18). The van der Waals surface area contributed by atoms with Gasteiger partial charge in [-0.25, -0.2) is 4.98 Å². The highest BCUT2D eigenvalue weighted by Gasteiger charge is 2.27. The van der Waals surface area contributed by atoms with E-state index < -0.39 is 0 Å². The van der Waals surface area contributed by atoms with Crippen molar-refractivity contribution >= 4 is 5.82 Å². The van der Waals surface area contributed by atoms with Crippen molar-refractivity contribution < 1.29 is 0 Å². The molecule has 18 heavy (non-hydrogen) atoms. The van der Waals surface area contributed by atoms with Gasteiger partial charge < -0.3 is 5.32 Å². The van der Waals surface area contributed by atoms with E-state index >= 15 is 0 Å². The van der Waals surface area contributed by atoms with Gasteiger partial charge >= 0.3 is 0 Å². The summed E-state index contributed by atoms with van der Waals surface area (Å²) >= 11 is 0. The van der Waals surface area contributed by atoms with Gasteiger partial charge in [0.05, 0.1) is 11.4 Å². The lowest BCUT2D eigenvalue weighted by atomic mass is 9.85. The average Bonchev–Trinajstić information content (AvgIpc) is 3.10. The van der Waals surface area contributed by atoms with Crippen LogP contribution < -0.4 is 5.32 Å². The summed E-state index contributed by atoms with van der Waals surface area (Å²) in [5.74, 6) is 3.02. The van der Waals surface area contributed by atoms with E-state index in [1.54, 1.807) is 0 Å². The lowest BCUT2D eigenvalue weighted by Crippen LogP contribution is -2.22. The molecule has 0 atom stereocenters. The van der Waals surface area contributed by atoms with Crippen LogP contribution in [-0.2, 0) is 0 Å². The van der Waals surface area contributed by atoms with E-state index in [2.05, 4.69) is 24.1 Å². The Morgan fingerprint density at radius 3 is 2.61 bits per heavy atom. The van der Waals surface area contributed by atoms with Crippen LogP contribution in [0.5, 0.6) is 0 Å². The summed E-state index contributed by atoms with van der Waals surface area (Å²) in [4.78, 5) is 9.45. The molecule has 1 aromatic heterocycles. The fourth-order valence-electron chi connectivity index (χ4n) is 2.48. The van der Waals surface area contributed by atoms with Gasteiger partial charge in [0.15, 0.2) is 0 Å². The SMILES string of the molecule is CC(C)c1ncc(C2CC2)nc1NCC1CCC1. The van der Waals surface area contributed by atoms with Crippen LogP contribution in [0.2, 0.25) is 0 Å². The monoisotopic (exact) mass is 245 g/mol. The Hall–Kier alpha value is -1.12. The fraction of sp³-hybridized carbons (Fsp3) is 0.733. The highest BCUT2D eigenvalue weighted by Crippen LogP contribution is 2.39. The first-order valence-corrected chi connectivity index (χ1v) is 7.34. The highest BCUT2D eigenvalue weighted by molar-refractivity contribution is 5.43. The van der Waals surface area contributed by atoms with Crippen molar-refractivity contribution in [3.05, 3.63) is 17.6 Å². The fourth-order valence-corrected chi connectivity index (χ4v) is 2.48. The molecule has 0 radical (unpaired) electrons. The van der Waals surface area contributed by atoms with E-state index in [1.165, 1.54) is 37.8 Å². The molecule has 1 N–H and O–H groups in total. The van der Waals surface area contributed by atoms with E-state index in [9.17, 15) is 0 Å². The molecule has 2 fully saturated rings. The molecule has 2 saturated carbocycles. The van der Waals surface area contributed by atoms with Crippen molar-refractivity contribution in [2.75, 3.05) is 11.9 Å². The normalized spacial score (nSPS) is 19.9. The molecule has 3 rings (SSSR count).